The van der Waals surface area contributed by atoms with Crippen molar-refractivity contribution in [3.63, 3.8) is 0 Å². The highest BCUT2D eigenvalue weighted by Crippen LogP contribution is 2.31. The average Bonchev–Trinajstić information content (AvgIpc) is 2.86. The van der Waals surface area contributed by atoms with Crippen molar-refractivity contribution in [1.29, 1.82) is 0 Å². The lowest BCUT2D eigenvalue weighted by Gasteiger charge is -2.18. The first-order chi connectivity index (χ1) is 12.8. The standard InChI is InChI=1S/C19H15FN2O4S/c1-3-9-22-17-8-7-15(11-16(17)18(23)19(22)24)27(25,26)21(2)12-13-5-4-6-14(20)10-13/h1,4-8,10-11H,9,12H2,2H3. The lowest BCUT2D eigenvalue weighted by molar-refractivity contribution is -0.114. The van der Waals surface area contributed by atoms with E-state index in [0.29, 0.717) is 5.56 Å². The number of fused-ring (bicyclic) bond motifs is 1. The molecular weight excluding hydrogens is 371 g/mol. The highest BCUT2D eigenvalue weighted by Gasteiger charge is 2.36. The fourth-order valence-corrected chi connectivity index (χ4v) is 4.03. The number of hydrogen-bond donors (Lipinski definition) is 0. The van der Waals surface area contributed by atoms with Crippen LogP contribution in [0.15, 0.2) is 47.4 Å². The van der Waals surface area contributed by atoms with Crippen molar-refractivity contribution in [3.8, 4) is 12.3 Å². The number of anilines is 1. The largest absolute Gasteiger partial charge is 0.300 e. The van der Waals surface area contributed by atoms with E-state index in [9.17, 15) is 22.4 Å². The third-order valence-electron chi connectivity index (χ3n) is 4.19. The molecular formula is C19H15FN2O4S. The van der Waals surface area contributed by atoms with E-state index >= 15 is 0 Å². The molecule has 1 aliphatic heterocycles. The predicted molar refractivity (Wildman–Crippen MR) is 97.0 cm³/mol. The number of sulfonamides is 1. The van der Waals surface area contributed by atoms with Gasteiger partial charge in [-0.25, -0.2) is 12.8 Å². The van der Waals surface area contributed by atoms with E-state index in [0.717, 1.165) is 9.21 Å². The predicted octanol–water partition coefficient (Wildman–Crippen LogP) is 1.81. The summed E-state index contributed by atoms with van der Waals surface area (Å²) in [6.45, 7) is -0.129. The third-order valence-corrected chi connectivity index (χ3v) is 5.99. The first-order valence-electron chi connectivity index (χ1n) is 7.90. The molecule has 1 aliphatic rings. The van der Waals surface area contributed by atoms with Crippen LogP contribution in [0.4, 0.5) is 10.1 Å². The molecule has 1 heterocycles. The van der Waals surface area contributed by atoms with Crippen molar-refractivity contribution < 1.29 is 22.4 Å². The molecule has 0 radical (unpaired) electrons. The van der Waals surface area contributed by atoms with Crippen LogP contribution in [-0.2, 0) is 21.4 Å². The summed E-state index contributed by atoms with van der Waals surface area (Å²) in [5.74, 6) is 0.241. The molecule has 138 valence electrons. The maximum absolute atomic E-state index is 13.3. The zero-order chi connectivity index (χ0) is 19.8. The van der Waals surface area contributed by atoms with E-state index < -0.39 is 27.5 Å². The van der Waals surface area contributed by atoms with Crippen LogP contribution in [0.25, 0.3) is 0 Å². The summed E-state index contributed by atoms with van der Waals surface area (Å²) in [6.07, 6.45) is 5.21. The Labute approximate surface area is 156 Å². The molecule has 0 bridgehead atoms. The van der Waals surface area contributed by atoms with Gasteiger partial charge in [-0.2, -0.15) is 4.31 Å². The normalized spacial score (nSPS) is 13.8. The van der Waals surface area contributed by atoms with Gasteiger partial charge in [0, 0.05) is 13.6 Å². The Hall–Kier alpha value is -3.02. The first kappa shape index (κ1) is 18.8. The van der Waals surface area contributed by atoms with Gasteiger partial charge >= 0.3 is 0 Å². The van der Waals surface area contributed by atoms with Crippen molar-refractivity contribution in [3.05, 3.63) is 59.4 Å². The van der Waals surface area contributed by atoms with Gasteiger partial charge in [0.2, 0.25) is 10.0 Å². The highest BCUT2D eigenvalue weighted by molar-refractivity contribution is 7.89. The molecule has 2 aromatic carbocycles. The van der Waals surface area contributed by atoms with Crippen LogP contribution in [0.5, 0.6) is 0 Å². The second-order valence-electron chi connectivity index (χ2n) is 5.99. The molecule has 0 fully saturated rings. The molecule has 0 saturated heterocycles. The number of terminal acetylenes is 1. The zero-order valence-electron chi connectivity index (χ0n) is 14.3. The minimum atomic E-state index is -3.95. The maximum atomic E-state index is 13.3. The van der Waals surface area contributed by atoms with E-state index in [1.807, 2.05) is 0 Å². The minimum absolute atomic E-state index is 0.00418. The van der Waals surface area contributed by atoms with Crippen molar-refractivity contribution in [1.82, 2.24) is 4.31 Å². The number of hydrogen-bond acceptors (Lipinski definition) is 4. The van der Waals surface area contributed by atoms with E-state index in [4.69, 9.17) is 6.42 Å². The second kappa shape index (κ2) is 6.95. The van der Waals surface area contributed by atoms with E-state index in [-0.39, 0.29) is 29.2 Å². The van der Waals surface area contributed by atoms with Gasteiger partial charge in [-0.15, -0.1) is 6.42 Å². The number of amides is 1. The molecule has 0 unspecified atom stereocenters. The maximum Gasteiger partial charge on any atom is 0.300 e. The molecule has 0 saturated carbocycles. The molecule has 8 heteroatoms. The summed E-state index contributed by atoms with van der Waals surface area (Å²) < 4.78 is 40.0. The quantitative estimate of drug-likeness (QED) is 0.580. The van der Waals surface area contributed by atoms with Crippen LogP contribution in [0.1, 0.15) is 15.9 Å². The monoisotopic (exact) mass is 386 g/mol. The first-order valence-corrected chi connectivity index (χ1v) is 9.34. The number of halogens is 1. The Balaban J connectivity index is 1.93. The van der Waals surface area contributed by atoms with Crippen LogP contribution in [0.3, 0.4) is 0 Å². The number of Topliss-reactive ketones (excluding diaryl/α,β-unsaturated/α-hetero) is 1. The minimum Gasteiger partial charge on any atom is -0.293 e. The number of benzene rings is 2. The topological polar surface area (TPSA) is 74.8 Å². The van der Waals surface area contributed by atoms with Gasteiger partial charge in [-0.3, -0.25) is 14.5 Å². The number of rotatable bonds is 5. The SMILES string of the molecule is C#CCN1C(=O)C(=O)c2cc(S(=O)(=O)N(C)Cc3cccc(F)c3)ccc21. The summed E-state index contributed by atoms with van der Waals surface area (Å²) in [5.41, 5.74) is 0.763. The molecule has 6 nitrogen and oxygen atoms in total. The van der Waals surface area contributed by atoms with Crippen molar-refractivity contribution >= 4 is 27.4 Å². The second-order valence-corrected chi connectivity index (χ2v) is 8.04. The molecule has 2 aromatic rings. The molecule has 0 atom stereocenters. The third kappa shape index (κ3) is 3.35. The fourth-order valence-electron chi connectivity index (χ4n) is 2.85. The highest BCUT2D eigenvalue weighted by atomic mass is 32.2. The Morgan fingerprint density at radius 2 is 1.93 bits per heavy atom. The molecule has 0 aliphatic carbocycles. The van der Waals surface area contributed by atoms with Gasteiger partial charge in [-0.1, -0.05) is 18.1 Å². The lowest BCUT2D eigenvalue weighted by atomic mass is 10.1. The summed E-state index contributed by atoms with van der Waals surface area (Å²) in [6, 6.07) is 9.48. The van der Waals surface area contributed by atoms with Crippen LogP contribution in [0, 0.1) is 18.2 Å². The van der Waals surface area contributed by atoms with E-state index in [1.165, 1.54) is 43.4 Å². The molecule has 0 aromatic heterocycles. The summed E-state index contributed by atoms with van der Waals surface area (Å²) in [4.78, 5) is 25.1. The Morgan fingerprint density at radius 1 is 1.19 bits per heavy atom. The fraction of sp³-hybridized carbons (Fsp3) is 0.158. The van der Waals surface area contributed by atoms with Crippen LogP contribution in [0.2, 0.25) is 0 Å². The number of carbonyl (C=O) groups is 2. The van der Waals surface area contributed by atoms with Crippen LogP contribution >= 0.6 is 0 Å². The van der Waals surface area contributed by atoms with Crippen LogP contribution in [-0.4, -0.2) is 38.0 Å². The Bertz CT molecular complexity index is 1090. The summed E-state index contributed by atoms with van der Waals surface area (Å²) in [5, 5.41) is 0. The summed E-state index contributed by atoms with van der Waals surface area (Å²) >= 11 is 0. The molecule has 0 N–H and O–H groups in total. The van der Waals surface area contributed by atoms with Gasteiger partial charge < -0.3 is 0 Å². The molecule has 27 heavy (non-hydrogen) atoms. The van der Waals surface area contributed by atoms with Crippen molar-refractivity contribution in [2.24, 2.45) is 0 Å². The number of ketones is 1. The zero-order valence-corrected chi connectivity index (χ0v) is 15.2. The van der Waals surface area contributed by atoms with Gasteiger partial charge in [0.25, 0.3) is 11.7 Å². The number of carbonyl (C=O) groups excluding carboxylic acids is 2. The Kier molecular flexibility index (Phi) is 4.83. The van der Waals surface area contributed by atoms with Crippen molar-refractivity contribution in [2.45, 2.75) is 11.4 Å². The van der Waals surface area contributed by atoms with Gasteiger partial charge in [0.05, 0.1) is 22.7 Å². The van der Waals surface area contributed by atoms with E-state index in [1.54, 1.807) is 6.07 Å². The van der Waals surface area contributed by atoms with Crippen molar-refractivity contribution in [2.75, 3.05) is 18.5 Å². The summed E-state index contributed by atoms with van der Waals surface area (Å²) in [7, 11) is -2.60. The van der Waals surface area contributed by atoms with Gasteiger partial charge in [0.1, 0.15) is 5.82 Å². The smallest absolute Gasteiger partial charge is 0.293 e. The molecule has 1 amide bonds. The molecule has 0 spiro atoms. The number of nitrogens with zero attached hydrogens (tertiary/aromatic N) is 2. The van der Waals surface area contributed by atoms with Crippen LogP contribution < -0.4 is 4.90 Å². The Morgan fingerprint density at radius 3 is 2.59 bits per heavy atom. The average molecular weight is 386 g/mol. The lowest BCUT2D eigenvalue weighted by Crippen LogP contribution is -2.29. The molecule has 3 rings (SSSR count). The van der Waals surface area contributed by atoms with Gasteiger partial charge in [-0.05, 0) is 35.9 Å². The van der Waals surface area contributed by atoms with Gasteiger partial charge in [0.15, 0.2) is 0 Å². The van der Waals surface area contributed by atoms with E-state index in [2.05, 4.69) is 5.92 Å².